The monoisotopic (exact) mass is 174 g/mol. The molecule has 1 rings (SSSR count). The second-order valence-corrected chi connectivity index (χ2v) is 3.03. The number of aryl methyl sites for hydroxylation is 2. The summed E-state index contributed by atoms with van der Waals surface area (Å²) >= 11 is 0. The van der Waals surface area contributed by atoms with E-state index in [9.17, 15) is 0 Å². The molecule has 0 aliphatic rings. The molecule has 0 spiro atoms. The van der Waals surface area contributed by atoms with Crippen LogP contribution in [0.1, 0.15) is 37.0 Å². The van der Waals surface area contributed by atoms with E-state index >= 15 is 0 Å². The number of nitrogens with zero attached hydrogens (tertiary/aromatic N) is 2. The first-order valence-corrected chi connectivity index (χ1v) is 4.53. The summed E-state index contributed by atoms with van der Waals surface area (Å²) in [6.45, 7) is 6.02. The predicted molar refractivity (Wildman–Crippen MR) is 53.3 cm³/mol. The van der Waals surface area contributed by atoms with Crippen molar-refractivity contribution in [3.63, 3.8) is 0 Å². The molecule has 0 radical (unpaired) electrons. The van der Waals surface area contributed by atoms with Gasteiger partial charge in [-0.2, -0.15) is 0 Å². The zero-order valence-corrected chi connectivity index (χ0v) is 8.39. The first-order valence-electron chi connectivity index (χ1n) is 4.53. The third-order valence-corrected chi connectivity index (χ3v) is 1.56. The molecule has 2 heteroatoms. The van der Waals surface area contributed by atoms with Crippen molar-refractivity contribution < 1.29 is 0 Å². The maximum absolute atomic E-state index is 4.22. The number of unbranched alkanes of at least 4 members (excludes halogenated alkanes) is 1. The molecule has 0 N–H and O–H groups in total. The third-order valence-electron chi connectivity index (χ3n) is 1.56. The second-order valence-electron chi connectivity index (χ2n) is 3.03. The van der Waals surface area contributed by atoms with Gasteiger partial charge in [0.25, 0.3) is 0 Å². The van der Waals surface area contributed by atoms with Crippen LogP contribution in [-0.4, -0.2) is 9.97 Å². The van der Waals surface area contributed by atoms with Gasteiger partial charge >= 0.3 is 0 Å². The van der Waals surface area contributed by atoms with Gasteiger partial charge in [-0.1, -0.05) is 12.8 Å². The lowest BCUT2D eigenvalue weighted by Crippen LogP contribution is -1.94. The van der Waals surface area contributed by atoms with E-state index in [1.807, 2.05) is 19.9 Å². The quantitative estimate of drug-likeness (QED) is 0.610. The number of hydrogen-bond donors (Lipinski definition) is 0. The van der Waals surface area contributed by atoms with Gasteiger partial charge in [-0.25, -0.2) is 9.97 Å². The molecule has 0 saturated heterocycles. The molecule has 0 aliphatic carbocycles. The summed E-state index contributed by atoms with van der Waals surface area (Å²) in [5.74, 6) is 6.63. The lowest BCUT2D eigenvalue weighted by atomic mass is 10.3. The van der Waals surface area contributed by atoms with E-state index in [4.69, 9.17) is 0 Å². The van der Waals surface area contributed by atoms with Crippen molar-refractivity contribution in [3.05, 3.63) is 23.3 Å². The van der Waals surface area contributed by atoms with Gasteiger partial charge in [0.15, 0.2) is 0 Å². The smallest absolute Gasteiger partial charge is 0.205 e. The number of hydrogen-bond acceptors (Lipinski definition) is 2. The lowest BCUT2D eigenvalue weighted by molar-refractivity contribution is 0.979. The summed E-state index contributed by atoms with van der Waals surface area (Å²) in [6.07, 6.45) is 1.99. The minimum atomic E-state index is 0.644. The summed E-state index contributed by atoms with van der Waals surface area (Å²) in [4.78, 5) is 8.44. The van der Waals surface area contributed by atoms with Crippen LogP contribution in [0.15, 0.2) is 6.07 Å². The van der Waals surface area contributed by atoms with Crippen LogP contribution in [0, 0.1) is 25.7 Å². The Morgan fingerprint density at radius 3 is 2.38 bits per heavy atom. The first-order chi connectivity index (χ1) is 6.22. The molecule has 0 aromatic carbocycles. The molecule has 68 valence electrons. The van der Waals surface area contributed by atoms with Crippen molar-refractivity contribution in [1.82, 2.24) is 9.97 Å². The summed E-state index contributed by atoms with van der Waals surface area (Å²) in [5, 5.41) is 0. The SMILES string of the molecule is CCCC#Cc1nc(C)cc(C)n1. The van der Waals surface area contributed by atoms with E-state index in [1.54, 1.807) is 0 Å². The normalized spacial score (nSPS) is 9.15. The Balaban J connectivity index is 2.85. The van der Waals surface area contributed by atoms with E-state index < -0.39 is 0 Å². The average Bonchev–Trinajstić information content (AvgIpc) is 2.03. The van der Waals surface area contributed by atoms with Crippen molar-refractivity contribution in [3.8, 4) is 11.8 Å². The fourth-order valence-corrected chi connectivity index (χ4v) is 1.05. The summed E-state index contributed by atoms with van der Waals surface area (Å²) in [7, 11) is 0. The standard InChI is InChI=1S/C11H14N2/c1-4-5-6-7-11-12-9(2)8-10(3)13-11/h8H,4-5H2,1-3H3. The zero-order chi connectivity index (χ0) is 9.68. The van der Waals surface area contributed by atoms with Gasteiger partial charge in [0.1, 0.15) is 0 Å². The van der Waals surface area contributed by atoms with Crippen molar-refractivity contribution >= 4 is 0 Å². The summed E-state index contributed by atoms with van der Waals surface area (Å²) in [5.41, 5.74) is 1.96. The minimum Gasteiger partial charge on any atom is -0.226 e. The topological polar surface area (TPSA) is 25.8 Å². The van der Waals surface area contributed by atoms with Crippen LogP contribution in [-0.2, 0) is 0 Å². The van der Waals surface area contributed by atoms with Gasteiger partial charge in [0.05, 0.1) is 0 Å². The van der Waals surface area contributed by atoms with Gasteiger partial charge < -0.3 is 0 Å². The van der Waals surface area contributed by atoms with Crippen LogP contribution in [0.25, 0.3) is 0 Å². The average molecular weight is 174 g/mol. The largest absolute Gasteiger partial charge is 0.226 e. The van der Waals surface area contributed by atoms with Crippen LogP contribution in [0.4, 0.5) is 0 Å². The van der Waals surface area contributed by atoms with Gasteiger partial charge in [0.2, 0.25) is 5.82 Å². The predicted octanol–water partition coefficient (Wildman–Crippen LogP) is 2.25. The Bertz CT molecular complexity index is 325. The van der Waals surface area contributed by atoms with E-state index in [0.717, 1.165) is 24.2 Å². The minimum absolute atomic E-state index is 0.644. The molecule has 0 aliphatic heterocycles. The molecule has 0 bridgehead atoms. The van der Waals surface area contributed by atoms with Crippen LogP contribution >= 0.6 is 0 Å². The highest BCUT2D eigenvalue weighted by Gasteiger charge is 1.93. The molecule has 0 saturated carbocycles. The molecule has 1 heterocycles. The van der Waals surface area contributed by atoms with Crippen LogP contribution in [0.3, 0.4) is 0 Å². The fourth-order valence-electron chi connectivity index (χ4n) is 1.05. The lowest BCUT2D eigenvalue weighted by Gasteiger charge is -1.95. The van der Waals surface area contributed by atoms with E-state index in [0.29, 0.717) is 5.82 Å². The van der Waals surface area contributed by atoms with Crippen LogP contribution in [0.2, 0.25) is 0 Å². The number of aromatic nitrogens is 2. The van der Waals surface area contributed by atoms with Gasteiger partial charge in [-0.15, -0.1) is 0 Å². The molecular formula is C11H14N2. The van der Waals surface area contributed by atoms with Gasteiger partial charge in [0, 0.05) is 17.8 Å². The highest BCUT2D eigenvalue weighted by atomic mass is 14.9. The highest BCUT2D eigenvalue weighted by Crippen LogP contribution is 1.97. The van der Waals surface area contributed by atoms with Crippen molar-refractivity contribution in [1.29, 1.82) is 0 Å². The summed E-state index contributed by atoms with van der Waals surface area (Å²) in [6, 6.07) is 1.95. The Morgan fingerprint density at radius 1 is 1.23 bits per heavy atom. The van der Waals surface area contributed by atoms with Gasteiger partial charge in [-0.05, 0) is 32.3 Å². The molecule has 0 fully saturated rings. The van der Waals surface area contributed by atoms with Crippen molar-refractivity contribution in [2.24, 2.45) is 0 Å². The molecule has 1 aromatic heterocycles. The first kappa shape index (κ1) is 9.73. The molecule has 0 atom stereocenters. The molecule has 0 amide bonds. The maximum atomic E-state index is 4.22. The van der Waals surface area contributed by atoms with Crippen LogP contribution in [0.5, 0.6) is 0 Å². The third kappa shape index (κ3) is 3.25. The maximum Gasteiger partial charge on any atom is 0.205 e. The van der Waals surface area contributed by atoms with E-state index in [1.165, 1.54) is 0 Å². The Hall–Kier alpha value is -1.36. The molecule has 2 nitrogen and oxygen atoms in total. The number of rotatable bonds is 1. The molecule has 0 unspecified atom stereocenters. The van der Waals surface area contributed by atoms with Crippen molar-refractivity contribution in [2.45, 2.75) is 33.6 Å². The Labute approximate surface area is 79.4 Å². The Morgan fingerprint density at radius 2 is 1.85 bits per heavy atom. The molecular weight excluding hydrogens is 160 g/mol. The second kappa shape index (κ2) is 4.61. The summed E-state index contributed by atoms with van der Waals surface area (Å²) < 4.78 is 0. The zero-order valence-electron chi connectivity index (χ0n) is 8.39. The van der Waals surface area contributed by atoms with E-state index in [2.05, 4.69) is 28.7 Å². The molecule has 13 heavy (non-hydrogen) atoms. The fraction of sp³-hybridized carbons (Fsp3) is 0.455. The van der Waals surface area contributed by atoms with E-state index in [-0.39, 0.29) is 0 Å². The Kier molecular flexibility index (Phi) is 3.45. The van der Waals surface area contributed by atoms with Crippen molar-refractivity contribution in [2.75, 3.05) is 0 Å². The highest BCUT2D eigenvalue weighted by molar-refractivity contribution is 5.23. The van der Waals surface area contributed by atoms with Gasteiger partial charge in [-0.3, -0.25) is 0 Å². The molecule has 1 aromatic rings. The van der Waals surface area contributed by atoms with Crippen LogP contribution < -0.4 is 0 Å².